The second-order valence-corrected chi connectivity index (χ2v) is 7.59. The number of nitrogens with one attached hydrogen (secondary N) is 1. The fourth-order valence-electron chi connectivity index (χ4n) is 2.88. The van der Waals surface area contributed by atoms with E-state index in [0.29, 0.717) is 0 Å². The Kier molecular flexibility index (Phi) is 5.22. The molecule has 1 N–H and O–H groups in total. The van der Waals surface area contributed by atoms with Gasteiger partial charge in [0, 0.05) is 24.2 Å². The number of nitrogens with zero attached hydrogens (tertiary/aromatic N) is 2. The summed E-state index contributed by atoms with van der Waals surface area (Å²) in [7, 11) is 0. The quantitative estimate of drug-likeness (QED) is 0.814. The fraction of sp³-hybridized carbons (Fsp3) is 0.364. The minimum Gasteiger partial charge on any atom is -0.454 e. The molecule has 27 heavy (non-hydrogen) atoms. The molecule has 0 unspecified atom stereocenters. The van der Waals surface area contributed by atoms with Gasteiger partial charge in [-0.15, -0.1) is 0 Å². The molecule has 3 rings (SSSR count). The van der Waals surface area contributed by atoms with Gasteiger partial charge in [0.05, 0.1) is 5.56 Å². The first-order valence-corrected chi connectivity index (χ1v) is 9.40. The molecule has 5 nitrogen and oxygen atoms in total. The Morgan fingerprint density at radius 3 is 2.44 bits per heavy atom. The van der Waals surface area contributed by atoms with E-state index in [0.717, 1.165) is 47.4 Å². The summed E-state index contributed by atoms with van der Waals surface area (Å²) in [6, 6.07) is 13.5. The third-order valence-corrected chi connectivity index (χ3v) is 4.53. The number of carbonyl (C=O) groups is 1. The number of hydrogen-bond donors (Lipinski definition) is 1. The number of amidine groups is 1. The molecule has 0 atom stereocenters. The van der Waals surface area contributed by atoms with E-state index in [9.17, 15) is 4.79 Å². The predicted molar refractivity (Wildman–Crippen MR) is 110 cm³/mol. The van der Waals surface area contributed by atoms with Gasteiger partial charge in [-0.05, 0) is 44.2 Å². The van der Waals surface area contributed by atoms with Crippen LogP contribution in [0.3, 0.4) is 0 Å². The highest BCUT2D eigenvalue weighted by Crippen LogP contribution is 2.39. The van der Waals surface area contributed by atoms with Crippen LogP contribution in [0.4, 0.5) is 11.4 Å². The van der Waals surface area contributed by atoms with E-state index in [2.05, 4.69) is 24.1 Å². The molecular weight excluding hydrogens is 338 g/mol. The third kappa shape index (κ3) is 3.97. The van der Waals surface area contributed by atoms with Crippen molar-refractivity contribution in [3.63, 3.8) is 0 Å². The SMILES string of the molecule is CCN(CC)C1=Nc2ccccc2Oc2ccc(NC(=O)C(C)(C)C)cc21. The summed E-state index contributed by atoms with van der Waals surface area (Å²) in [5, 5.41) is 3.00. The number of carbonyl (C=O) groups excluding carboxylic acids is 1. The lowest BCUT2D eigenvalue weighted by molar-refractivity contribution is -0.123. The topological polar surface area (TPSA) is 53.9 Å². The van der Waals surface area contributed by atoms with Crippen molar-refractivity contribution in [3.05, 3.63) is 48.0 Å². The molecule has 142 valence electrons. The van der Waals surface area contributed by atoms with Gasteiger partial charge in [0.25, 0.3) is 0 Å². The molecule has 0 spiro atoms. The monoisotopic (exact) mass is 365 g/mol. The second-order valence-electron chi connectivity index (χ2n) is 7.59. The highest BCUT2D eigenvalue weighted by Gasteiger charge is 2.24. The van der Waals surface area contributed by atoms with E-state index in [1.807, 2.05) is 63.2 Å². The number of aliphatic imine (C=N–C) groups is 1. The number of fused-ring (bicyclic) bond motifs is 2. The molecule has 0 fully saturated rings. The first kappa shape index (κ1) is 19.0. The van der Waals surface area contributed by atoms with Crippen molar-refractivity contribution >= 4 is 23.1 Å². The molecule has 2 aromatic rings. The average Bonchev–Trinajstić information content (AvgIpc) is 2.79. The van der Waals surface area contributed by atoms with Gasteiger partial charge < -0.3 is 15.0 Å². The van der Waals surface area contributed by atoms with Crippen molar-refractivity contribution < 1.29 is 9.53 Å². The van der Waals surface area contributed by atoms with Crippen LogP contribution in [0.1, 0.15) is 40.2 Å². The Bertz CT molecular complexity index is 877. The summed E-state index contributed by atoms with van der Waals surface area (Å²) in [6.07, 6.45) is 0. The lowest BCUT2D eigenvalue weighted by atomic mass is 9.95. The molecule has 0 radical (unpaired) electrons. The van der Waals surface area contributed by atoms with Crippen LogP contribution in [0, 0.1) is 5.41 Å². The summed E-state index contributed by atoms with van der Waals surface area (Å²) in [4.78, 5) is 19.5. The van der Waals surface area contributed by atoms with Crippen LogP contribution >= 0.6 is 0 Å². The van der Waals surface area contributed by atoms with Crippen LogP contribution < -0.4 is 10.1 Å². The molecule has 0 bridgehead atoms. The zero-order valence-corrected chi connectivity index (χ0v) is 16.7. The first-order valence-electron chi connectivity index (χ1n) is 9.40. The molecule has 0 aromatic heterocycles. The van der Waals surface area contributed by atoms with E-state index in [1.54, 1.807) is 0 Å². The minimum absolute atomic E-state index is 0.0263. The molecule has 1 heterocycles. The standard InChI is InChI=1S/C22H27N3O2/c1-6-25(7-2)20-16-14-15(23-21(26)22(3,4)5)12-13-18(16)27-19-11-9-8-10-17(19)24-20/h8-14H,6-7H2,1-5H3,(H,23,26). The Morgan fingerprint density at radius 2 is 1.78 bits per heavy atom. The molecule has 5 heteroatoms. The van der Waals surface area contributed by atoms with Crippen molar-refractivity contribution in [3.8, 4) is 11.5 Å². The number of amides is 1. The second kappa shape index (κ2) is 7.43. The predicted octanol–water partition coefficient (Wildman–Crippen LogP) is 5.20. The first-order chi connectivity index (χ1) is 12.8. The zero-order chi connectivity index (χ0) is 19.6. The van der Waals surface area contributed by atoms with Crippen LogP contribution in [0.15, 0.2) is 47.5 Å². The molecule has 0 saturated heterocycles. The number of anilines is 1. The maximum atomic E-state index is 12.4. The average molecular weight is 365 g/mol. The Labute approximate surface area is 161 Å². The normalized spacial score (nSPS) is 12.9. The molecule has 2 aromatic carbocycles. The molecule has 0 aliphatic carbocycles. The maximum Gasteiger partial charge on any atom is 0.229 e. The lowest BCUT2D eigenvalue weighted by Crippen LogP contribution is -2.31. The lowest BCUT2D eigenvalue weighted by Gasteiger charge is -2.24. The van der Waals surface area contributed by atoms with Gasteiger partial charge in [-0.2, -0.15) is 0 Å². The van der Waals surface area contributed by atoms with Crippen LogP contribution in [0.5, 0.6) is 11.5 Å². The van der Waals surface area contributed by atoms with Gasteiger partial charge in [-0.25, -0.2) is 4.99 Å². The molecule has 1 amide bonds. The number of ether oxygens (including phenoxy) is 1. The zero-order valence-electron chi connectivity index (χ0n) is 16.7. The summed E-state index contributed by atoms with van der Waals surface area (Å²) >= 11 is 0. The third-order valence-electron chi connectivity index (χ3n) is 4.53. The van der Waals surface area contributed by atoms with Crippen molar-refractivity contribution in [1.82, 2.24) is 4.90 Å². The van der Waals surface area contributed by atoms with Gasteiger partial charge in [-0.3, -0.25) is 4.79 Å². The van der Waals surface area contributed by atoms with E-state index >= 15 is 0 Å². The van der Waals surface area contributed by atoms with Gasteiger partial charge in [-0.1, -0.05) is 32.9 Å². The van der Waals surface area contributed by atoms with E-state index in [1.165, 1.54) is 0 Å². The fourth-order valence-corrected chi connectivity index (χ4v) is 2.88. The molecule has 1 aliphatic rings. The van der Waals surface area contributed by atoms with E-state index in [-0.39, 0.29) is 5.91 Å². The van der Waals surface area contributed by atoms with Crippen molar-refractivity contribution in [2.24, 2.45) is 10.4 Å². The van der Waals surface area contributed by atoms with Gasteiger partial charge in [0.2, 0.25) is 5.91 Å². The number of rotatable bonds is 3. The maximum absolute atomic E-state index is 12.4. The van der Waals surface area contributed by atoms with Gasteiger partial charge in [0.15, 0.2) is 5.75 Å². The smallest absolute Gasteiger partial charge is 0.229 e. The van der Waals surface area contributed by atoms with Gasteiger partial charge >= 0.3 is 0 Å². The van der Waals surface area contributed by atoms with Crippen molar-refractivity contribution in [1.29, 1.82) is 0 Å². The highest BCUT2D eigenvalue weighted by molar-refractivity contribution is 6.05. The number of hydrogen-bond acceptors (Lipinski definition) is 4. The Balaban J connectivity index is 2.09. The van der Waals surface area contributed by atoms with Crippen LogP contribution in [0.2, 0.25) is 0 Å². The molecular formula is C22H27N3O2. The van der Waals surface area contributed by atoms with Crippen molar-refractivity contribution in [2.75, 3.05) is 18.4 Å². The van der Waals surface area contributed by atoms with Crippen LogP contribution in [-0.4, -0.2) is 29.7 Å². The largest absolute Gasteiger partial charge is 0.454 e. The molecule has 0 saturated carbocycles. The summed E-state index contributed by atoms with van der Waals surface area (Å²) in [5.74, 6) is 2.29. The van der Waals surface area contributed by atoms with E-state index < -0.39 is 5.41 Å². The Morgan fingerprint density at radius 1 is 1.07 bits per heavy atom. The summed E-state index contributed by atoms with van der Waals surface area (Å²) < 4.78 is 6.15. The van der Waals surface area contributed by atoms with Crippen LogP contribution in [0.25, 0.3) is 0 Å². The minimum atomic E-state index is -0.463. The Hall–Kier alpha value is -2.82. The summed E-state index contributed by atoms with van der Waals surface area (Å²) in [5.41, 5.74) is 1.95. The molecule has 1 aliphatic heterocycles. The number of benzene rings is 2. The highest BCUT2D eigenvalue weighted by atomic mass is 16.5. The van der Waals surface area contributed by atoms with Crippen molar-refractivity contribution in [2.45, 2.75) is 34.6 Å². The van der Waals surface area contributed by atoms with Crippen LogP contribution in [-0.2, 0) is 4.79 Å². The van der Waals surface area contributed by atoms with E-state index in [4.69, 9.17) is 9.73 Å². The summed E-state index contributed by atoms with van der Waals surface area (Å²) in [6.45, 7) is 11.6. The number of para-hydroxylation sites is 2. The van der Waals surface area contributed by atoms with Gasteiger partial charge in [0.1, 0.15) is 17.3 Å².